The van der Waals surface area contributed by atoms with Gasteiger partial charge in [-0.2, -0.15) is 0 Å². The van der Waals surface area contributed by atoms with Crippen molar-refractivity contribution in [1.82, 2.24) is 19.8 Å². The first-order valence-corrected chi connectivity index (χ1v) is 11.7. The lowest BCUT2D eigenvalue weighted by Gasteiger charge is -2.37. The molecule has 29 heavy (non-hydrogen) atoms. The lowest BCUT2D eigenvalue weighted by atomic mass is 9.83. The molecule has 154 valence electrons. The van der Waals surface area contributed by atoms with E-state index in [1.54, 1.807) is 11.3 Å². The Balaban J connectivity index is 1.30. The van der Waals surface area contributed by atoms with Crippen molar-refractivity contribution in [3.8, 4) is 0 Å². The molecule has 7 heteroatoms. The molecular formula is C22H28N4O2S. The van der Waals surface area contributed by atoms with Gasteiger partial charge in [-0.25, -0.2) is 4.98 Å². The second-order valence-corrected chi connectivity index (χ2v) is 9.70. The molecule has 4 heterocycles. The van der Waals surface area contributed by atoms with Crippen LogP contribution in [0.15, 0.2) is 22.3 Å². The first-order chi connectivity index (χ1) is 14.2. The van der Waals surface area contributed by atoms with Crippen LogP contribution < -0.4 is 5.56 Å². The minimum Gasteiger partial charge on any atom is -0.342 e. The van der Waals surface area contributed by atoms with Gasteiger partial charge in [0.1, 0.15) is 5.82 Å². The molecular weight excluding hydrogens is 384 g/mol. The maximum Gasteiger partial charge on any atom is 0.255 e. The third-order valence-corrected chi connectivity index (χ3v) is 7.56. The highest BCUT2D eigenvalue weighted by atomic mass is 32.1. The third-order valence-electron chi connectivity index (χ3n) is 6.70. The number of carbonyl (C=O) groups excluding carboxylic acids is 1. The number of likely N-dealkylation sites (tertiary alicyclic amines) is 1. The number of thiophene rings is 1. The predicted octanol–water partition coefficient (Wildman–Crippen LogP) is 2.90. The van der Waals surface area contributed by atoms with E-state index in [4.69, 9.17) is 4.98 Å². The first kappa shape index (κ1) is 19.0. The fourth-order valence-electron chi connectivity index (χ4n) is 4.77. The largest absolute Gasteiger partial charge is 0.342 e. The van der Waals surface area contributed by atoms with Crippen molar-refractivity contribution in [1.29, 1.82) is 0 Å². The van der Waals surface area contributed by atoms with Gasteiger partial charge in [0, 0.05) is 55.9 Å². The molecule has 0 radical (unpaired) electrons. The highest BCUT2D eigenvalue weighted by Gasteiger charge is 2.33. The molecule has 1 N–H and O–H groups in total. The van der Waals surface area contributed by atoms with Crippen molar-refractivity contribution in [3.63, 3.8) is 0 Å². The van der Waals surface area contributed by atoms with Crippen LogP contribution in [0, 0.1) is 5.92 Å². The standard InChI is InChI=1S/C22H28N4O2S/c27-21-18-14-25(13-17-7-3-11-29-17)10-8-19(18)23-20(24-21)16-6-2-9-26(12-16)22(28)15-4-1-5-15/h3,7,11,15-16H,1-2,4-6,8-10,12-14H2,(H,23,24,27)/t16-/m0/s1. The summed E-state index contributed by atoms with van der Waals surface area (Å²) in [4.78, 5) is 39.1. The quantitative estimate of drug-likeness (QED) is 0.838. The van der Waals surface area contributed by atoms with Crippen LogP contribution in [0.3, 0.4) is 0 Å². The van der Waals surface area contributed by atoms with Crippen LogP contribution in [0.2, 0.25) is 0 Å². The first-order valence-electron chi connectivity index (χ1n) is 10.8. The molecule has 6 nitrogen and oxygen atoms in total. The molecule has 2 aromatic heterocycles. The smallest absolute Gasteiger partial charge is 0.255 e. The summed E-state index contributed by atoms with van der Waals surface area (Å²) in [7, 11) is 0. The molecule has 1 amide bonds. The number of nitrogens with one attached hydrogen (secondary N) is 1. The van der Waals surface area contributed by atoms with Crippen molar-refractivity contribution < 1.29 is 4.79 Å². The van der Waals surface area contributed by atoms with Gasteiger partial charge in [0.25, 0.3) is 5.56 Å². The Morgan fingerprint density at radius 1 is 1.24 bits per heavy atom. The Hall–Kier alpha value is -1.99. The van der Waals surface area contributed by atoms with Crippen LogP contribution in [0.25, 0.3) is 0 Å². The van der Waals surface area contributed by atoms with Gasteiger partial charge >= 0.3 is 0 Å². The Kier molecular flexibility index (Phi) is 5.26. The second kappa shape index (κ2) is 8.03. The summed E-state index contributed by atoms with van der Waals surface area (Å²) in [6.45, 7) is 4.02. The summed E-state index contributed by atoms with van der Waals surface area (Å²) in [5.74, 6) is 1.48. The minimum atomic E-state index is 0.00308. The topological polar surface area (TPSA) is 69.3 Å². The normalized spacial score (nSPS) is 22.9. The van der Waals surface area contributed by atoms with Crippen LogP contribution in [0.1, 0.15) is 60.0 Å². The lowest BCUT2D eigenvalue weighted by Crippen LogP contribution is -2.44. The zero-order chi connectivity index (χ0) is 19.8. The number of carbonyl (C=O) groups is 1. The molecule has 1 aliphatic carbocycles. The SMILES string of the molecule is O=C(C1CCC1)N1CCC[C@H](c2nc3c(c(=O)[nH]2)CN(Cc2cccs2)CC3)C1. The van der Waals surface area contributed by atoms with Gasteiger partial charge in [0.2, 0.25) is 5.91 Å². The summed E-state index contributed by atoms with van der Waals surface area (Å²) < 4.78 is 0. The Morgan fingerprint density at radius 3 is 2.90 bits per heavy atom. The summed E-state index contributed by atoms with van der Waals surface area (Å²) in [6.07, 6.45) is 6.04. The molecule has 5 rings (SSSR count). The zero-order valence-electron chi connectivity index (χ0n) is 16.7. The van der Waals surface area contributed by atoms with Gasteiger partial charge in [0.15, 0.2) is 0 Å². The summed E-state index contributed by atoms with van der Waals surface area (Å²) in [5.41, 5.74) is 1.77. The van der Waals surface area contributed by atoms with E-state index in [1.165, 1.54) is 11.3 Å². The van der Waals surface area contributed by atoms with Crippen molar-refractivity contribution in [2.24, 2.45) is 5.92 Å². The van der Waals surface area contributed by atoms with Crippen molar-refractivity contribution in [2.75, 3.05) is 19.6 Å². The molecule has 2 fully saturated rings. The number of hydrogen-bond donors (Lipinski definition) is 1. The molecule has 1 saturated heterocycles. The minimum absolute atomic E-state index is 0.00308. The van der Waals surface area contributed by atoms with Crippen molar-refractivity contribution in [3.05, 3.63) is 49.8 Å². The molecule has 0 bridgehead atoms. The van der Waals surface area contributed by atoms with E-state index in [-0.39, 0.29) is 17.4 Å². The maximum absolute atomic E-state index is 12.9. The molecule has 2 aliphatic heterocycles. The van der Waals surface area contributed by atoms with Crippen LogP contribution >= 0.6 is 11.3 Å². The van der Waals surface area contributed by atoms with Crippen LogP contribution in [-0.2, 0) is 24.3 Å². The summed E-state index contributed by atoms with van der Waals surface area (Å²) >= 11 is 1.76. The average Bonchev–Trinajstić information content (AvgIpc) is 3.20. The number of piperidine rings is 1. The van der Waals surface area contributed by atoms with Gasteiger partial charge < -0.3 is 9.88 Å². The summed E-state index contributed by atoms with van der Waals surface area (Å²) in [6, 6.07) is 4.22. The number of H-pyrrole nitrogens is 1. The predicted molar refractivity (Wildman–Crippen MR) is 113 cm³/mol. The van der Waals surface area contributed by atoms with E-state index in [9.17, 15) is 9.59 Å². The molecule has 0 spiro atoms. The number of amides is 1. The molecule has 1 saturated carbocycles. The molecule has 0 unspecified atom stereocenters. The van der Waals surface area contributed by atoms with E-state index in [2.05, 4.69) is 27.4 Å². The Morgan fingerprint density at radius 2 is 2.14 bits per heavy atom. The van der Waals surface area contributed by atoms with Crippen molar-refractivity contribution >= 4 is 17.2 Å². The number of rotatable bonds is 4. The van der Waals surface area contributed by atoms with E-state index < -0.39 is 0 Å². The van der Waals surface area contributed by atoms with Gasteiger partial charge in [-0.1, -0.05) is 12.5 Å². The fourth-order valence-corrected chi connectivity index (χ4v) is 5.51. The third kappa shape index (κ3) is 3.90. The van der Waals surface area contributed by atoms with Gasteiger partial charge in [-0.05, 0) is 37.1 Å². The van der Waals surface area contributed by atoms with Crippen LogP contribution in [-0.4, -0.2) is 45.3 Å². The summed E-state index contributed by atoms with van der Waals surface area (Å²) in [5, 5.41) is 2.09. The number of aromatic nitrogens is 2. The van der Waals surface area contributed by atoms with E-state index in [1.807, 2.05) is 4.90 Å². The molecule has 3 aliphatic rings. The highest BCUT2D eigenvalue weighted by Crippen LogP contribution is 2.32. The monoisotopic (exact) mass is 412 g/mol. The fraction of sp³-hybridized carbons (Fsp3) is 0.591. The van der Waals surface area contributed by atoms with Gasteiger partial charge in [0.05, 0.1) is 11.3 Å². The maximum atomic E-state index is 12.9. The van der Waals surface area contributed by atoms with E-state index >= 15 is 0 Å². The second-order valence-electron chi connectivity index (χ2n) is 8.67. The Labute approximate surface area is 175 Å². The molecule has 0 aromatic carbocycles. The number of fused-ring (bicyclic) bond motifs is 1. The number of hydrogen-bond acceptors (Lipinski definition) is 5. The highest BCUT2D eigenvalue weighted by molar-refractivity contribution is 7.09. The average molecular weight is 413 g/mol. The van der Waals surface area contributed by atoms with Crippen LogP contribution in [0.4, 0.5) is 0 Å². The van der Waals surface area contributed by atoms with Crippen LogP contribution in [0.5, 0.6) is 0 Å². The zero-order valence-corrected chi connectivity index (χ0v) is 17.5. The molecule has 1 atom stereocenters. The van der Waals surface area contributed by atoms with Gasteiger partial charge in [-0.3, -0.25) is 14.5 Å². The molecule has 2 aromatic rings. The van der Waals surface area contributed by atoms with Gasteiger partial charge in [-0.15, -0.1) is 11.3 Å². The Bertz CT molecular complexity index is 935. The van der Waals surface area contributed by atoms with E-state index in [0.29, 0.717) is 19.0 Å². The number of nitrogens with zero attached hydrogens (tertiary/aromatic N) is 3. The van der Waals surface area contributed by atoms with E-state index in [0.717, 1.165) is 68.8 Å². The number of aromatic amines is 1. The van der Waals surface area contributed by atoms with Crippen molar-refractivity contribution in [2.45, 2.75) is 57.5 Å². The lowest BCUT2D eigenvalue weighted by molar-refractivity contribution is -0.139.